The Morgan fingerprint density at radius 2 is 2.33 bits per heavy atom. The van der Waals surface area contributed by atoms with Crippen molar-refractivity contribution >= 4 is 17.4 Å². The van der Waals surface area contributed by atoms with E-state index >= 15 is 0 Å². The molecule has 2 aromatic heterocycles. The fraction of sp³-hybridized carbons (Fsp3) is 0.500. The summed E-state index contributed by atoms with van der Waals surface area (Å²) in [4.78, 5) is 13.2. The standard InChI is InChI=1S/C10H12N6O2/c1-10(9(17)18)5-2-6-15(10)8-4-3-7-11-13-14-16(7)12-8/h3-4H,2,5-6H2,1H3,(H,17,18). The SMILES string of the molecule is CC1(C(=O)O)CCCN1c1ccc2nnnn2n1. The third-order valence-electron chi connectivity index (χ3n) is 3.43. The first-order chi connectivity index (χ1) is 8.61. The molecule has 0 aromatic carbocycles. The normalized spacial score (nSPS) is 23.7. The van der Waals surface area contributed by atoms with E-state index in [4.69, 9.17) is 0 Å². The van der Waals surface area contributed by atoms with Crippen LogP contribution in [0, 0.1) is 0 Å². The second-order valence-corrected chi connectivity index (χ2v) is 4.55. The van der Waals surface area contributed by atoms with Gasteiger partial charge in [-0.25, -0.2) is 4.79 Å². The average Bonchev–Trinajstić information content (AvgIpc) is 2.94. The van der Waals surface area contributed by atoms with Gasteiger partial charge in [-0.15, -0.1) is 14.8 Å². The Kier molecular flexibility index (Phi) is 2.19. The monoisotopic (exact) mass is 248 g/mol. The van der Waals surface area contributed by atoms with Gasteiger partial charge >= 0.3 is 5.97 Å². The highest BCUT2D eigenvalue weighted by molar-refractivity contribution is 5.83. The van der Waals surface area contributed by atoms with Crippen LogP contribution in [0.4, 0.5) is 5.82 Å². The van der Waals surface area contributed by atoms with Crippen LogP contribution in [0.1, 0.15) is 19.8 Å². The minimum Gasteiger partial charge on any atom is -0.480 e. The van der Waals surface area contributed by atoms with Crippen molar-refractivity contribution < 1.29 is 9.90 Å². The summed E-state index contributed by atoms with van der Waals surface area (Å²) in [6, 6.07) is 3.47. The number of aliphatic carboxylic acids is 1. The number of aromatic nitrogens is 5. The van der Waals surface area contributed by atoms with Crippen LogP contribution in [-0.4, -0.2) is 48.4 Å². The molecular weight excluding hydrogens is 236 g/mol. The lowest BCUT2D eigenvalue weighted by Gasteiger charge is -2.31. The predicted molar refractivity (Wildman–Crippen MR) is 61.2 cm³/mol. The van der Waals surface area contributed by atoms with E-state index in [0.29, 0.717) is 24.4 Å². The Bertz CT molecular complexity index is 611. The summed E-state index contributed by atoms with van der Waals surface area (Å²) in [7, 11) is 0. The molecule has 8 heteroatoms. The van der Waals surface area contributed by atoms with E-state index in [-0.39, 0.29) is 0 Å². The molecule has 0 saturated carbocycles. The lowest BCUT2D eigenvalue weighted by atomic mass is 9.99. The van der Waals surface area contributed by atoms with E-state index in [0.717, 1.165) is 6.42 Å². The second kappa shape index (κ2) is 3.62. The zero-order chi connectivity index (χ0) is 12.8. The molecule has 1 N–H and O–H groups in total. The van der Waals surface area contributed by atoms with Gasteiger partial charge in [0.25, 0.3) is 0 Å². The van der Waals surface area contributed by atoms with Crippen LogP contribution < -0.4 is 4.90 Å². The van der Waals surface area contributed by atoms with Crippen LogP contribution in [0.15, 0.2) is 12.1 Å². The molecule has 94 valence electrons. The van der Waals surface area contributed by atoms with E-state index in [1.54, 1.807) is 24.0 Å². The van der Waals surface area contributed by atoms with Crippen molar-refractivity contribution in [3.05, 3.63) is 12.1 Å². The van der Waals surface area contributed by atoms with Gasteiger partial charge in [0.2, 0.25) is 0 Å². The molecule has 1 saturated heterocycles. The van der Waals surface area contributed by atoms with Gasteiger partial charge < -0.3 is 10.0 Å². The predicted octanol–water partition coefficient (Wildman–Crippen LogP) is -0.0372. The minimum atomic E-state index is -0.908. The molecule has 0 aliphatic carbocycles. The average molecular weight is 248 g/mol. The number of rotatable bonds is 2. The van der Waals surface area contributed by atoms with Crippen molar-refractivity contribution in [1.29, 1.82) is 0 Å². The van der Waals surface area contributed by atoms with Crippen molar-refractivity contribution in [1.82, 2.24) is 25.3 Å². The number of hydrogen-bond donors (Lipinski definition) is 1. The van der Waals surface area contributed by atoms with E-state index < -0.39 is 11.5 Å². The van der Waals surface area contributed by atoms with E-state index in [1.807, 2.05) is 0 Å². The van der Waals surface area contributed by atoms with Crippen LogP contribution in [-0.2, 0) is 4.79 Å². The molecule has 18 heavy (non-hydrogen) atoms. The van der Waals surface area contributed by atoms with Gasteiger partial charge in [0, 0.05) is 6.54 Å². The number of tetrazole rings is 1. The maximum absolute atomic E-state index is 11.4. The van der Waals surface area contributed by atoms with Gasteiger partial charge in [-0.2, -0.15) is 0 Å². The first-order valence-electron chi connectivity index (χ1n) is 5.68. The Labute approximate surface area is 102 Å². The molecule has 1 atom stereocenters. The van der Waals surface area contributed by atoms with Crippen molar-refractivity contribution in [2.75, 3.05) is 11.4 Å². The fourth-order valence-corrected chi connectivity index (χ4v) is 2.34. The smallest absolute Gasteiger partial charge is 0.329 e. The number of anilines is 1. The molecule has 0 amide bonds. The number of fused-ring (bicyclic) bond motifs is 1. The minimum absolute atomic E-state index is 0.537. The zero-order valence-corrected chi connectivity index (χ0v) is 9.81. The van der Waals surface area contributed by atoms with E-state index in [2.05, 4.69) is 20.6 Å². The summed E-state index contributed by atoms with van der Waals surface area (Å²) < 4.78 is 1.30. The molecule has 1 aliphatic rings. The van der Waals surface area contributed by atoms with Crippen molar-refractivity contribution in [2.24, 2.45) is 0 Å². The quantitative estimate of drug-likeness (QED) is 0.796. The number of carboxylic acids is 1. The van der Waals surface area contributed by atoms with Gasteiger partial charge in [0.1, 0.15) is 5.54 Å². The van der Waals surface area contributed by atoms with Crippen LogP contribution in [0.5, 0.6) is 0 Å². The van der Waals surface area contributed by atoms with Crippen molar-refractivity contribution in [3.63, 3.8) is 0 Å². The molecule has 0 radical (unpaired) electrons. The first kappa shape index (κ1) is 10.9. The largest absolute Gasteiger partial charge is 0.480 e. The van der Waals surface area contributed by atoms with Crippen LogP contribution in [0.2, 0.25) is 0 Å². The lowest BCUT2D eigenvalue weighted by molar-refractivity contribution is -0.142. The van der Waals surface area contributed by atoms with Crippen LogP contribution >= 0.6 is 0 Å². The molecular formula is C10H12N6O2. The Hall–Kier alpha value is -2.25. The third kappa shape index (κ3) is 1.41. The maximum atomic E-state index is 11.4. The Morgan fingerprint density at radius 1 is 1.50 bits per heavy atom. The Morgan fingerprint density at radius 3 is 3.11 bits per heavy atom. The van der Waals surface area contributed by atoms with Gasteiger partial charge in [0.15, 0.2) is 11.5 Å². The van der Waals surface area contributed by atoms with Crippen LogP contribution in [0.25, 0.3) is 5.65 Å². The highest BCUT2D eigenvalue weighted by atomic mass is 16.4. The van der Waals surface area contributed by atoms with Gasteiger partial charge in [-0.3, -0.25) is 0 Å². The van der Waals surface area contributed by atoms with Gasteiger partial charge in [-0.05, 0) is 42.3 Å². The summed E-state index contributed by atoms with van der Waals surface area (Å²) >= 11 is 0. The van der Waals surface area contributed by atoms with Gasteiger partial charge in [0.05, 0.1) is 0 Å². The van der Waals surface area contributed by atoms with Crippen molar-refractivity contribution in [3.8, 4) is 0 Å². The number of nitrogens with zero attached hydrogens (tertiary/aromatic N) is 6. The maximum Gasteiger partial charge on any atom is 0.329 e. The Balaban J connectivity index is 2.05. The number of hydrogen-bond acceptors (Lipinski definition) is 6. The van der Waals surface area contributed by atoms with Crippen LogP contribution in [0.3, 0.4) is 0 Å². The lowest BCUT2D eigenvalue weighted by Crippen LogP contribution is -2.48. The van der Waals surface area contributed by atoms with E-state index in [1.165, 1.54) is 4.63 Å². The third-order valence-corrected chi connectivity index (χ3v) is 3.43. The summed E-state index contributed by atoms with van der Waals surface area (Å²) in [5.41, 5.74) is -0.371. The number of carbonyl (C=O) groups is 1. The van der Waals surface area contributed by atoms with E-state index in [9.17, 15) is 9.90 Å². The molecule has 0 bridgehead atoms. The van der Waals surface area contributed by atoms with Gasteiger partial charge in [-0.1, -0.05) is 0 Å². The molecule has 0 spiro atoms. The topological polar surface area (TPSA) is 96.5 Å². The molecule has 1 fully saturated rings. The summed E-state index contributed by atoms with van der Waals surface area (Å²) in [5.74, 6) is -0.254. The second-order valence-electron chi connectivity index (χ2n) is 4.55. The highest BCUT2D eigenvalue weighted by Crippen LogP contribution is 2.32. The fourth-order valence-electron chi connectivity index (χ4n) is 2.34. The molecule has 8 nitrogen and oxygen atoms in total. The first-order valence-corrected chi connectivity index (χ1v) is 5.68. The molecule has 1 unspecified atom stereocenters. The molecule has 3 heterocycles. The number of carboxylic acid groups (broad SMARTS) is 1. The highest BCUT2D eigenvalue weighted by Gasteiger charge is 2.44. The van der Waals surface area contributed by atoms with Crippen molar-refractivity contribution in [2.45, 2.75) is 25.3 Å². The molecule has 2 aromatic rings. The summed E-state index contributed by atoms with van der Waals surface area (Å²) in [6.45, 7) is 2.39. The molecule has 3 rings (SSSR count). The summed E-state index contributed by atoms with van der Waals surface area (Å²) in [6.07, 6.45) is 1.44. The molecule has 1 aliphatic heterocycles. The summed E-state index contributed by atoms with van der Waals surface area (Å²) in [5, 5.41) is 24.6. The zero-order valence-electron chi connectivity index (χ0n) is 9.81.